The van der Waals surface area contributed by atoms with E-state index in [1.807, 2.05) is 13.8 Å². The van der Waals surface area contributed by atoms with Gasteiger partial charge in [0.2, 0.25) is 21.8 Å². The normalized spacial score (nSPS) is 12.4. The Kier molecular flexibility index (Phi) is 10.1. The minimum atomic E-state index is -3.89. The number of hydrogen-bond donors (Lipinski definition) is 1. The summed E-state index contributed by atoms with van der Waals surface area (Å²) in [6, 6.07) is 10.3. The second-order valence-corrected chi connectivity index (χ2v) is 11.5. The number of carbonyl (C=O) groups excluding carboxylic acids is 2. The first-order valence-corrected chi connectivity index (χ1v) is 13.5. The largest absolute Gasteiger partial charge is 0.354 e. The van der Waals surface area contributed by atoms with Gasteiger partial charge >= 0.3 is 0 Å². The number of nitrogens with one attached hydrogen (secondary N) is 1. The summed E-state index contributed by atoms with van der Waals surface area (Å²) in [5.74, 6) is -0.686. The lowest BCUT2D eigenvalue weighted by Gasteiger charge is -2.32. The molecule has 0 saturated heterocycles. The Morgan fingerprint density at radius 3 is 2.09 bits per heavy atom. The van der Waals surface area contributed by atoms with Crippen LogP contribution in [0.4, 0.5) is 5.69 Å². The Morgan fingerprint density at radius 1 is 0.971 bits per heavy atom. The lowest BCUT2D eigenvalue weighted by atomic mass is 10.1. The Bertz CT molecular complexity index is 1120. The van der Waals surface area contributed by atoms with Crippen molar-refractivity contribution in [1.29, 1.82) is 0 Å². The first kappa shape index (κ1) is 28.2. The van der Waals surface area contributed by atoms with Crippen molar-refractivity contribution in [3.05, 3.63) is 63.1 Å². The number of nitrogens with zero attached hydrogens (tertiary/aromatic N) is 2. The summed E-state index contributed by atoms with van der Waals surface area (Å²) < 4.78 is 26.1. The van der Waals surface area contributed by atoms with Crippen LogP contribution in [0.2, 0.25) is 15.1 Å². The Morgan fingerprint density at radius 2 is 1.56 bits per heavy atom. The maximum Gasteiger partial charge on any atom is 0.244 e. The van der Waals surface area contributed by atoms with E-state index >= 15 is 0 Å². The molecule has 0 radical (unpaired) electrons. The molecule has 1 N–H and O–H groups in total. The smallest absolute Gasteiger partial charge is 0.244 e. The maximum absolute atomic E-state index is 13.5. The highest BCUT2D eigenvalue weighted by Crippen LogP contribution is 2.30. The Labute approximate surface area is 216 Å². The number of benzene rings is 2. The summed E-state index contributed by atoms with van der Waals surface area (Å²) in [6.45, 7) is 5.50. The molecular formula is C23H28Cl3N3O4S. The molecule has 2 aromatic rings. The standard InChI is InChI=1S/C23H28Cl3N3O4S/c1-15(2)12-27-23(31)16(3)28(13-17-5-7-18(24)8-6-17)22(30)14-29(34(4,32)33)21-10-9-19(25)11-20(21)26/h5-11,15-16H,12-14H2,1-4H3,(H,27,31)/t16-/m0/s1. The average molecular weight is 549 g/mol. The number of carbonyl (C=O) groups is 2. The van der Waals surface area contributed by atoms with Gasteiger partial charge in [-0.05, 0) is 48.7 Å². The van der Waals surface area contributed by atoms with E-state index in [0.717, 1.165) is 16.1 Å². The van der Waals surface area contributed by atoms with Crippen LogP contribution in [0, 0.1) is 5.92 Å². The van der Waals surface area contributed by atoms with Crippen molar-refractivity contribution in [2.75, 3.05) is 23.7 Å². The minimum absolute atomic E-state index is 0.0812. The van der Waals surface area contributed by atoms with E-state index in [0.29, 0.717) is 16.6 Å². The molecule has 0 heterocycles. The number of rotatable bonds is 10. The van der Waals surface area contributed by atoms with Gasteiger partial charge in [-0.3, -0.25) is 13.9 Å². The molecule has 0 aliphatic heterocycles. The molecule has 34 heavy (non-hydrogen) atoms. The second kappa shape index (κ2) is 12.1. The quantitative estimate of drug-likeness (QED) is 0.470. The van der Waals surface area contributed by atoms with Gasteiger partial charge in [0, 0.05) is 23.1 Å². The predicted octanol–water partition coefficient (Wildman–Crippen LogP) is 4.60. The van der Waals surface area contributed by atoms with Gasteiger partial charge in [-0.25, -0.2) is 8.42 Å². The van der Waals surface area contributed by atoms with Crippen LogP contribution in [0.25, 0.3) is 0 Å². The third kappa shape index (κ3) is 8.05. The van der Waals surface area contributed by atoms with Crippen molar-refractivity contribution in [1.82, 2.24) is 10.2 Å². The summed E-state index contributed by atoms with van der Waals surface area (Å²) in [7, 11) is -3.89. The highest BCUT2D eigenvalue weighted by atomic mass is 35.5. The molecule has 0 bridgehead atoms. The molecule has 2 amide bonds. The van der Waals surface area contributed by atoms with Gasteiger partial charge in [0.1, 0.15) is 12.6 Å². The molecule has 0 spiro atoms. The van der Waals surface area contributed by atoms with Crippen molar-refractivity contribution < 1.29 is 18.0 Å². The fraction of sp³-hybridized carbons (Fsp3) is 0.391. The topological polar surface area (TPSA) is 86.8 Å². The van der Waals surface area contributed by atoms with Crippen LogP contribution < -0.4 is 9.62 Å². The highest BCUT2D eigenvalue weighted by Gasteiger charge is 2.30. The fourth-order valence-corrected chi connectivity index (χ4v) is 4.65. The lowest BCUT2D eigenvalue weighted by Crippen LogP contribution is -2.51. The molecule has 0 aliphatic rings. The number of sulfonamides is 1. The summed E-state index contributed by atoms with van der Waals surface area (Å²) in [4.78, 5) is 27.6. The summed E-state index contributed by atoms with van der Waals surface area (Å²) in [5.41, 5.74) is 0.849. The zero-order chi connectivity index (χ0) is 25.6. The van der Waals surface area contributed by atoms with Crippen LogP contribution in [0.3, 0.4) is 0 Å². The number of anilines is 1. The third-order valence-electron chi connectivity index (χ3n) is 4.98. The molecule has 0 aromatic heterocycles. The van der Waals surface area contributed by atoms with Gasteiger partial charge < -0.3 is 10.2 Å². The first-order chi connectivity index (χ1) is 15.8. The average Bonchev–Trinajstić information content (AvgIpc) is 2.74. The molecule has 0 fully saturated rings. The summed E-state index contributed by atoms with van der Waals surface area (Å²) in [5, 5.41) is 3.76. The Hall–Kier alpha value is -2.00. The van der Waals surface area contributed by atoms with Crippen molar-refractivity contribution in [3.63, 3.8) is 0 Å². The van der Waals surface area contributed by atoms with Crippen LogP contribution in [-0.2, 0) is 26.2 Å². The van der Waals surface area contributed by atoms with Crippen molar-refractivity contribution in [2.24, 2.45) is 5.92 Å². The fourth-order valence-electron chi connectivity index (χ4n) is 3.10. The van der Waals surface area contributed by atoms with Crippen molar-refractivity contribution in [3.8, 4) is 0 Å². The predicted molar refractivity (Wildman–Crippen MR) is 138 cm³/mol. The van der Waals surface area contributed by atoms with E-state index in [9.17, 15) is 18.0 Å². The van der Waals surface area contributed by atoms with Crippen LogP contribution in [0.15, 0.2) is 42.5 Å². The molecule has 186 valence electrons. The molecule has 0 aliphatic carbocycles. The molecule has 2 rings (SSSR count). The molecule has 2 aromatic carbocycles. The second-order valence-electron chi connectivity index (χ2n) is 8.33. The molecule has 0 saturated carbocycles. The molecule has 7 nitrogen and oxygen atoms in total. The summed E-state index contributed by atoms with van der Waals surface area (Å²) >= 11 is 18.1. The van der Waals surface area contributed by atoms with Crippen molar-refractivity contribution in [2.45, 2.75) is 33.4 Å². The van der Waals surface area contributed by atoms with Crippen molar-refractivity contribution >= 4 is 62.3 Å². The van der Waals surface area contributed by atoms with Gasteiger partial charge in [-0.2, -0.15) is 0 Å². The third-order valence-corrected chi connectivity index (χ3v) is 6.89. The van der Waals surface area contributed by atoms with Crippen LogP contribution in [-0.4, -0.2) is 50.5 Å². The zero-order valence-electron chi connectivity index (χ0n) is 19.4. The SMILES string of the molecule is CC(C)CNC(=O)[C@H](C)N(Cc1ccc(Cl)cc1)C(=O)CN(c1ccc(Cl)cc1Cl)S(C)(=O)=O. The Balaban J connectivity index is 2.39. The van der Waals surface area contributed by atoms with Crippen LogP contribution >= 0.6 is 34.8 Å². The first-order valence-electron chi connectivity index (χ1n) is 10.5. The monoisotopic (exact) mass is 547 g/mol. The van der Waals surface area contributed by atoms with E-state index < -0.39 is 28.5 Å². The summed E-state index contributed by atoms with van der Waals surface area (Å²) in [6.07, 6.45) is 0.980. The van der Waals surface area contributed by atoms with Gasteiger partial charge in [0.25, 0.3) is 0 Å². The maximum atomic E-state index is 13.5. The lowest BCUT2D eigenvalue weighted by molar-refractivity contribution is -0.139. The number of amides is 2. The minimum Gasteiger partial charge on any atom is -0.354 e. The van der Waals surface area contributed by atoms with Gasteiger partial charge in [-0.15, -0.1) is 0 Å². The van der Waals surface area contributed by atoms with Gasteiger partial charge in [0.15, 0.2) is 0 Å². The van der Waals surface area contributed by atoms with E-state index in [1.54, 1.807) is 31.2 Å². The van der Waals surface area contributed by atoms with Crippen LogP contribution in [0.1, 0.15) is 26.3 Å². The van der Waals surface area contributed by atoms with Crippen LogP contribution in [0.5, 0.6) is 0 Å². The molecular weight excluding hydrogens is 521 g/mol. The number of halogens is 3. The van der Waals surface area contributed by atoms with E-state index in [-0.39, 0.29) is 29.1 Å². The van der Waals surface area contributed by atoms with E-state index in [1.165, 1.54) is 23.1 Å². The van der Waals surface area contributed by atoms with E-state index in [2.05, 4.69) is 5.32 Å². The zero-order valence-corrected chi connectivity index (χ0v) is 22.5. The van der Waals surface area contributed by atoms with E-state index in [4.69, 9.17) is 34.8 Å². The van der Waals surface area contributed by atoms with Gasteiger partial charge in [-0.1, -0.05) is 60.8 Å². The number of hydrogen-bond acceptors (Lipinski definition) is 4. The molecule has 0 unspecified atom stereocenters. The molecule has 1 atom stereocenters. The van der Waals surface area contributed by atoms with Gasteiger partial charge in [0.05, 0.1) is 17.0 Å². The molecule has 11 heteroatoms. The highest BCUT2D eigenvalue weighted by molar-refractivity contribution is 7.92.